The van der Waals surface area contributed by atoms with Crippen molar-refractivity contribution in [2.24, 2.45) is 0 Å². The molecule has 2 aromatic heterocycles. The standard InChI is InChI=1S/C10H14N6OS/c1-2-3-17-10-15-8(11)14-9(16-10)12-4-7-5-18-6-13-7/h5-6H,2-4H2,1H3,(H3,11,12,14,15,16). The van der Waals surface area contributed by atoms with Crippen LogP contribution in [0.5, 0.6) is 6.01 Å². The molecule has 0 amide bonds. The number of ether oxygens (including phenoxy) is 1. The number of nitrogen functional groups attached to an aromatic ring is 1. The Morgan fingerprint density at radius 1 is 1.39 bits per heavy atom. The third-order valence-corrected chi connectivity index (χ3v) is 2.61. The highest BCUT2D eigenvalue weighted by Crippen LogP contribution is 2.10. The molecule has 2 heterocycles. The van der Waals surface area contributed by atoms with Gasteiger partial charge in [0.25, 0.3) is 0 Å². The molecule has 18 heavy (non-hydrogen) atoms. The lowest BCUT2D eigenvalue weighted by Crippen LogP contribution is -2.09. The second-order valence-corrected chi connectivity index (χ2v) is 4.20. The molecule has 0 aliphatic carbocycles. The van der Waals surface area contributed by atoms with E-state index in [0.717, 1.165) is 12.1 Å². The Kier molecular flexibility index (Phi) is 4.24. The van der Waals surface area contributed by atoms with E-state index in [1.165, 1.54) is 11.3 Å². The van der Waals surface area contributed by atoms with Gasteiger partial charge in [-0.2, -0.15) is 15.0 Å². The van der Waals surface area contributed by atoms with Gasteiger partial charge in [-0.15, -0.1) is 11.3 Å². The molecule has 3 N–H and O–H groups in total. The molecule has 0 spiro atoms. The minimum Gasteiger partial charge on any atom is -0.463 e. The van der Waals surface area contributed by atoms with Crippen LogP contribution in [-0.4, -0.2) is 26.5 Å². The van der Waals surface area contributed by atoms with E-state index in [0.29, 0.717) is 19.1 Å². The highest BCUT2D eigenvalue weighted by atomic mass is 32.1. The highest BCUT2D eigenvalue weighted by molar-refractivity contribution is 7.07. The SMILES string of the molecule is CCCOc1nc(N)nc(NCc2cscn2)n1. The number of nitrogens with one attached hydrogen (secondary N) is 1. The van der Waals surface area contributed by atoms with Gasteiger partial charge in [-0.1, -0.05) is 6.92 Å². The molecule has 2 rings (SSSR count). The molecule has 0 bridgehead atoms. The predicted octanol–water partition coefficient (Wildman–Crippen LogP) is 1.31. The van der Waals surface area contributed by atoms with Crippen molar-refractivity contribution in [3.8, 4) is 6.01 Å². The highest BCUT2D eigenvalue weighted by Gasteiger charge is 2.05. The first-order valence-electron chi connectivity index (χ1n) is 5.53. The van der Waals surface area contributed by atoms with Crippen LogP contribution in [0, 0.1) is 0 Å². The van der Waals surface area contributed by atoms with E-state index >= 15 is 0 Å². The van der Waals surface area contributed by atoms with Gasteiger partial charge in [0.2, 0.25) is 11.9 Å². The Hall–Kier alpha value is -1.96. The molecule has 0 radical (unpaired) electrons. The van der Waals surface area contributed by atoms with Crippen molar-refractivity contribution in [3.63, 3.8) is 0 Å². The quantitative estimate of drug-likeness (QED) is 0.813. The van der Waals surface area contributed by atoms with Crippen LogP contribution in [-0.2, 0) is 6.54 Å². The summed E-state index contributed by atoms with van der Waals surface area (Å²) in [4.78, 5) is 16.1. The van der Waals surface area contributed by atoms with Gasteiger partial charge in [0.15, 0.2) is 0 Å². The zero-order chi connectivity index (χ0) is 12.8. The van der Waals surface area contributed by atoms with Gasteiger partial charge < -0.3 is 15.8 Å². The number of nitrogens with zero attached hydrogens (tertiary/aromatic N) is 4. The fourth-order valence-corrected chi connectivity index (χ4v) is 1.76. The third kappa shape index (κ3) is 3.52. The second kappa shape index (κ2) is 6.10. The van der Waals surface area contributed by atoms with Crippen molar-refractivity contribution in [1.82, 2.24) is 19.9 Å². The number of anilines is 2. The normalized spacial score (nSPS) is 10.3. The van der Waals surface area contributed by atoms with Crippen LogP contribution in [0.1, 0.15) is 19.0 Å². The second-order valence-electron chi connectivity index (χ2n) is 3.48. The van der Waals surface area contributed by atoms with E-state index < -0.39 is 0 Å². The smallest absolute Gasteiger partial charge is 0.323 e. The molecule has 0 aliphatic rings. The van der Waals surface area contributed by atoms with E-state index in [9.17, 15) is 0 Å². The lowest BCUT2D eigenvalue weighted by molar-refractivity contribution is 0.292. The van der Waals surface area contributed by atoms with Crippen molar-refractivity contribution >= 4 is 23.2 Å². The predicted molar refractivity (Wildman–Crippen MR) is 69.5 cm³/mol. The Morgan fingerprint density at radius 3 is 3.00 bits per heavy atom. The topological polar surface area (TPSA) is 98.8 Å². The fraction of sp³-hybridized carbons (Fsp3) is 0.400. The van der Waals surface area contributed by atoms with Gasteiger partial charge in [-0.05, 0) is 6.42 Å². The Labute approximate surface area is 108 Å². The van der Waals surface area contributed by atoms with Crippen molar-refractivity contribution in [2.75, 3.05) is 17.7 Å². The van der Waals surface area contributed by atoms with E-state index in [1.807, 2.05) is 12.3 Å². The first-order valence-corrected chi connectivity index (χ1v) is 6.47. The zero-order valence-corrected chi connectivity index (χ0v) is 10.8. The number of hydrogen-bond donors (Lipinski definition) is 2. The molecule has 0 fully saturated rings. The molecule has 7 nitrogen and oxygen atoms in total. The van der Waals surface area contributed by atoms with E-state index in [2.05, 4.69) is 25.3 Å². The van der Waals surface area contributed by atoms with Gasteiger partial charge in [0, 0.05) is 5.38 Å². The lowest BCUT2D eigenvalue weighted by atomic mass is 10.5. The summed E-state index contributed by atoms with van der Waals surface area (Å²) in [6, 6.07) is 0.241. The molecular weight excluding hydrogens is 252 g/mol. The largest absolute Gasteiger partial charge is 0.463 e. The van der Waals surface area contributed by atoms with Crippen LogP contribution in [0.15, 0.2) is 10.9 Å². The van der Waals surface area contributed by atoms with E-state index in [-0.39, 0.29) is 12.0 Å². The fourth-order valence-electron chi connectivity index (χ4n) is 1.20. The summed E-state index contributed by atoms with van der Waals surface area (Å²) in [5.74, 6) is 0.526. The van der Waals surface area contributed by atoms with Crippen LogP contribution in [0.25, 0.3) is 0 Å². The molecule has 0 aromatic carbocycles. The van der Waals surface area contributed by atoms with Crippen LogP contribution < -0.4 is 15.8 Å². The van der Waals surface area contributed by atoms with Crippen molar-refractivity contribution < 1.29 is 4.74 Å². The van der Waals surface area contributed by atoms with Crippen LogP contribution in [0.3, 0.4) is 0 Å². The summed E-state index contributed by atoms with van der Waals surface area (Å²) in [7, 11) is 0. The summed E-state index contributed by atoms with van der Waals surface area (Å²) in [6.07, 6.45) is 0.882. The minimum atomic E-state index is 0.136. The monoisotopic (exact) mass is 266 g/mol. The summed E-state index contributed by atoms with van der Waals surface area (Å²) < 4.78 is 5.32. The molecule has 96 valence electrons. The van der Waals surface area contributed by atoms with Crippen molar-refractivity contribution in [2.45, 2.75) is 19.9 Å². The molecule has 0 aliphatic heterocycles. The first kappa shape index (κ1) is 12.5. The molecule has 2 aromatic rings. The average molecular weight is 266 g/mol. The summed E-state index contributed by atoms with van der Waals surface area (Å²) in [5.41, 5.74) is 8.28. The summed E-state index contributed by atoms with van der Waals surface area (Å²) in [5, 5.41) is 4.98. The number of rotatable bonds is 6. The Bertz CT molecular complexity index is 489. The van der Waals surface area contributed by atoms with Gasteiger partial charge in [0.1, 0.15) is 0 Å². The number of thiazole rings is 1. The van der Waals surface area contributed by atoms with Gasteiger partial charge in [-0.25, -0.2) is 4.98 Å². The molecule has 0 atom stereocenters. The van der Waals surface area contributed by atoms with Crippen LogP contribution >= 0.6 is 11.3 Å². The first-order chi connectivity index (χ1) is 8.78. The maximum absolute atomic E-state index is 5.58. The Morgan fingerprint density at radius 2 is 2.28 bits per heavy atom. The van der Waals surface area contributed by atoms with Crippen LogP contribution in [0.4, 0.5) is 11.9 Å². The molecule has 0 unspecified atom stereocenters. The molecule has 8 heteroatoms. The van der Waals surface area contributed by atoms with Gasteiger partial charge in [-0.3, -0.25) is 0 Å². The molecule has 0 saturated heterocycles. The summed E-state index contributed by atoms with van der Waals surface area (Å²) in [6.45, 7) is 3.10. The van der Waals surface area contributed by atoms with Gasteiger partial charge >= 0.3 is 6.01 Å². The number of hydrogen-bond acceptors (Lipinski definition) is 8. The third-order valence-electron chi connectivity index (χ3n) is 1.98. The molecular formula is C10H14N6OS. The number of nitrogens with two attached hydrogens (primary N) is 1. The number of aromatic nitrogens is 4. The lowest BCUT2D eigenvalue weighted by Gasteiger charge is -2.06. The zero-order valence-electron chi connectivity index (χ0n) is 9.96. The molecule has 0 saturated carbocycles. The Balaban J connectivity index is 2.00. The summed E-state index contributed by atoms with van der Waals surface area (Å²) >= 11 is 1.54. The maximum atomic E-state index is 5.58. The van der Waals surface area contributed by atoms with Crippen LogP contribution in [0.2, 0.25) is 0 Å². The average Bonchev–Trinajstić information content (AvgIpc) is 2.86. The maximum Gasteiger partial charge on any atom is 0.323 e. The van der Waals surface area contributed by atoms with Gasteiger partial charge in [0.05, 0.1) is 24.4 Å². The minimum absolute atomic E-state index is 0.136. The van der Waals surface area contributed by atoms with Crippen molar-refractivity contribution in [1.29, 1.82) is 0 Å². The van der Waals surface area contributed by atoms with E-state index in [1.54, 1.807) is 5.51 Å². The van der Waals surface area contributed by atoms with Crippen molar-refractivity contribution in [3.05, 3.63) is 16.6 Å². The van der Waals surface area contributed by atoms with E-state index in [4.69, 9.17) is 10.5 Å².